The summed E-state index contributed by atoms with van der Waals surface area (Å²) >= 11 is 0. The first kappa shape index (κ1) is 14.9. The highest BCUT2D eigenvalue weighted by atomic mass is 19.4. The number of aromatic nitrogens is 1. The molecule has 0 aliphatic heterocycles. The molecule has 0 fully saturated rings. The predicted octanol–water partition coefficient (Wildman–Crippen LogP) is 3.48. The molecule has 9 heteroatoms. The van der Waals surface area contributed by atoms with Crippen LogP contribution in [-0.2, 0) is 4.79 Å². The van der Waals surface area contributed by atoms with Gasteiger partial charge < -0.3 is 9.73 Å². The van der Waals surface area contributed by atoms with Crippen LogP contribution in [0.15, 0.2) is 41.3 Å². The van der Waals surface area contributed by atoms with Crippen molar-refractivity contribution in [3.05, 3.63) is 36.9 Å². The summed E-state index contributed by atoms with van der Waals surface area (Å²) in [7, 11) is 0. The van der Waals surface area contributed by atoms with E-state index in [-0.39, 0.29) is 5.69 Å². The highest BCUT2D eigenvalue weighted by Crippen LogP contribution is 2.36. The molecule has 0 unspecified atom stereocenters. The minimum atomic E-state index is -5.95. The number of anilines is 1. The van der Waals surface area contributed by atoms with Gasteiger partial charge in [0.25, 0.3) is 0 Å². The minimum absolute atomic E-state index is 0.202. The number of nitrogens with zero attached hydrogens (tertiary/aromatic N) is 1. The lowest BCUT2D eigenvalue weighted by atomic mass is 10.1. The number of carbonyl (C=O) groups is 1. The van der Waals surface area contributed by atoms with Crippen molar-refractivity contribution < 1.29 is 31.2 Å². The van der Waals surface area contributed by atoms with Crippen molar-refractivity contribution in [1.29, 1.82) is 0 Å². The topological polar surface area (TPSA) is 55.1 Å². The van der Waals surface area contributed by atoms with Crippen molar-refractivity contribution in [3.8, 4) is 11.3 Å². The van der Waals surface area contributed by atoms with Gasteiger partial charge in [-0.15, -0.1) is 0 Å². The fourth-order valence-corrected chi connectivity index (χ4v) is 1.41. The lowest BCUT2D eigenvalue weighted by molar-refractivity contribution is -0.267. The number of hydrogen-bond acceptors (Lipinski definition) is 3. The van der Waals surface area contributed by atoms with Crippen LogP contribution in [0, 0.1) is 0 Å². The van der Waals surface area contributed by atoms with Gasteiger partial charge in [0.1, 0.15) is 0 Å². The fraction of sp³-hybridized carbons (Fsp3) is 0.167. The van der Waals surface area contributed by atoms with Gasteiger partial charge in [0.05, 0.1) is 6.20 Å². The number of nitrogens with one attached hydrogen (secondary N) is 1. The van der Waals surface area contributed by atoms with Crippen molar-refractivity contribution in [2.75, 3.05) is 5.32 Å². The molecule has 0 saturated heterocycles. The number of amides is 1. The molecule has 1 N–H and O–H groups in total. The fourth-order valence-electron chi connectivity index (χ4n) is 1.41. The third-order valence-corrected chi connectivity index (χ3v) is 2.50. The summed E-state index contributed by atoms with van der Waals surface area (Å²) in [4.78, 5) is 14.7. The van der Waals surface area contributed by atoms with E-state index in [1.54, 1.807) is 0 Å². The second-order valence-corrected chi connectivity index (χ2v) is 3.97. The average molecular weight is 306 g/mol. The average Bonchev–Trinajstić information content (AvgIpc) is 2.92. The van der Waals surface area contributed by atoms with Crippen LogP contribution in [0.3, 0.4) is 0 Å². The molecule has 112 valence electrons. The van der Waals surface area contributed by atoms with E-state index in [0.29, 0.717) is 11.3 Å². The first-order valence-corrected chi connectivity index (χ1v) is 5.47. The quantitative estimate of drug-likeness (QED) is 0.883. The van der Waals surface area contributed by atoms with E-state index in [1.165, 1.54) is 42.2 Å². The Kier molecular flexibility index (Phi) is 3.67. The molecule has 0 spiro atoms. The number of carbonyl (C=O) groups excluding carboxylic acids is 1. The van der Waals surface area contributed by atoms with E-state index < -0.39 is 18.0 Å². The first-order valence-electron chi connectivity index (χ1n) is 5.47. The molecule has 0 bridgehead atoms. The Morgan fingerprint density at radius 2 is 1.71 bits per heavy atom. The second kappa shape index (κ2) is 5.15. The number of hydrogen-bond donors (Lipinski definition) is 1. The summed E-state index contributed by atoms with van der Waals surface area (Å²) < 4.78 is 66.5. The predicted molar refractivity (Wildman–Crippen MR) is 61.6 cm³/mol. The molecule has 2 aromatic rings. The maximum atomic E-state index is 12.8. The maximum absolute atomic E-state index is 12.8. The molecule has 0 aliphatic carbocycles. The molecular formula is C12H7F5N2O2. The number of rotatable bonds is 3. The number of halogens is 5. The summed E-state index contributed by atoms with van der Waals surface area (Å²) in [5.41, 5.74) is 0.320. The van der Waals surface area contributed by atoms with Gasteiger partial charge in [-0.1, -0.05) is 0 Å². The second-order valence-electron chi connectivity index (χ2n) is 3.97. The normalized spacial score (nSPS) is 12.2. The summed E-state index contributed by atoms with van der Waals surface area (Å²) in [6, 6.07) is 5.09. The Bertz CT molecular complexity index is 620. The minimum Gasteiger partial charge on any atom is -0.444 e. The van der Waals surface area contributed by atoms with Gasteiger partial charge >= 0.3 is 18.0 Å². The van der Waals surface area contributed by atoms with Crippen LogP contribution in [0.25, 0.3) is 11.3 Å². The van der Waals surface area contributed by atoms with Gasteiger partial charge in [-0.25, -0.2) is 4.98 Å². The summed E-state index contributed by atoms with van der Waals surface area (Å²) in [5.74, 6) is -7.52. The third-order valence-electron chi connectivity index (χ3n) is 2.50. The van der Waals surface area contributed by atoms with E-state index in [0.717, 1.165) is 0 Å². The summed E-state index contributed by atoms with van der Waals surface area (Å²) in [6.45, 7) is 0. The molecule has 0 aliphatic rings. The van der Waals surface area contributed by atoms with E-state index in [2.05, 4.69) is 4.98 Å². The van der Waals surface area contributed by atoms with Crippen molar-refractivity contribution >= 4 is 11.6 Å². The number of benzene rings is 1. The lowest BCUT2D eigenvalue weighted by Gasteiger charge is -2.18. The van der Waals surface area contributed by atoms with Crippen LogP contribution in [0.2, 0.25) is 0 Å². The molecule has 0 atom stereocenters. The molecule has 0 saturated carbocycles. The van der Waals surface area contributed by atoms with Crippen LogP contribution >= 0.6 is 0 Å². The Labute approximate surface area is 114 Å². The van der Waals surface area contributed by atoms with E-state index in [9.17, 15) is 26.7 Å². The monoisotopic (exact) mass is 306 g/mol. The maximum Gasteiger partial charge on any atom is 0.463 e. The largest absolute Gasteiger partial charge is 0.463 e. The van der Waals surface area contributed by atoms with Crippen LogP contribution < -0.4 is 5.32 Å². The molecule has 2 rings (SSSR count). The van der Waals surface area contributed by atoms with Gasteiger partial charge in [0, 0.05) is 11.3 Å². The van der Waals surface area contributed by atoms with Crippen LogP contribution in [0.1, 0.15) is 0 Å². The summed E-state index contributed by atoms with van der Waals surface area (Å²) in [5, 5.41) is 1.51. The smallest absolute Gasteiger partial charge is 0.444 e. The zero-order valence-corrected chi connectivity index (χ0v) is 10.1. The number of alkyl halides is 5. The standard InChI is InChI=1S/C12H7F5N2O2/c13-11(14,12(15,16)17)10(20)19-8-3-1-7(2-4-8)9-5-18-6-21-9/h1-6H,(H,19,20). The van der Waals surface area contributed by atoms with Crippen LogP contribution in [0.4, 0.5) is 27.6 Å². The molecule has 1 amide bonds. The Morgan fingerprint density at radius 1 is 1.10 bits per heavy atom. The van der Waals surface area contributed by atoms with Crippen molar-refractivity contribution in [1.82, 2.24) is 4.98 Å². The van der Waals surface area contributed by atoms with Crippen molar-refractivity contribution in [2.45, 2.75) is 12.1 Å². The third kappa shape index (κ3) is 3.01. The molecule has 4 nitrogen and oxygen atoms in total. The molecule has 0 radical (unpaired) electrons. The van der Waals surface area contributed by atoms with Gasteiger partial charge in [-0.2, -0.15) is 22.0 Å². The van der Waals surface area contributed by atoms with E-state index in [1.807, 2.05) is 0 Å². The van der Waals surface area contributed by atoms with E-state index in [4.69, 9.17) is 4.42 Å². The molecule has 1 aromatic carbocycles. The van der Waals surface area contributed by atoms with Crippen molar-refractivity contribution in [3.63, 3.8) is 0 Å². The van der Waals surface area contributed by atoms with Gasteiger partial charge in [0.15, 0.2) is 12.2 Å². The van der Waals surface area contributed by atoms with Gasteiger partial charge in [-0.05, 0) is 24.3 Å². The molecule has 21 heavy (non-hydrogen) atoms. The zero-order valence-electron chi connectivity index (χ0n) is 10.1. The summed E-state index contributed by atoms with van der Waals surface area (Å²) in [6.07, 6.45) is -3.38. The van der Waals surface area contributed by atoms with Crippen molar-refractivity contribution in [2.24, 2.45) is 0 Å². The lowest BCUT2D eigenvalue weighted by Crippen LogP contribution is -2.47. The first-order chi connectivity index (χ1) is 9.72. The Hall–Kier alpha value is -2.45. The molecule has 1 aromatic heterocycles. The molecule has 1 heterocycles. The zero-order chi connectivity index (χ0) is 15.7. The highest BCUT2D eigenvalue weighted by Gasteiger charge is 2.63. The SMILES string of the molecule is O=C(Nc1ccc(-c2cnco2)cc1)C(F)(F)C(F)(F)F. The molecular weight excluding hydrogens is 299 g/mol. The van der Waals surface area contributed by atoms with Crippen LogP contribution in [-0.4, -0.2) is 23.0 Å². The van der Waals surface area contributed by atoms with Gasteiger partial charge in [0.2, 0.25) is 0 Å². The highest BCUT2D eigenvalue weighted by molar-refractivity contribution is 5.96. The Morgan fingerprint density at radius 3 is 2.19 bits per heavy atom. The number of oxazole rings is 1. The van der Waals surface area contributed by atoms with Gasteiger partial charge in [-0.3, -0.25) is 4.79 Å². The Balaban J connectivity index is 2.12. The van der Waals surface area contributed by atoms with E-state index >= 15 is 0 Å². The van der Waals surface area contributed by atoms with Crippen LogP contribution in [0.5, 0.6) is 0 Å².